The van der Waals surface area contributed by atoms with Gasteiger partial charge in [0.05, 0.1) is 17.4 Å². The number of carbonyl (C=O) groups is 1. The molecule has 1 fully saturated rings. The molecule has 0 aromatic carbocycles. The van der Waals surface area contributed by atoms with E-state index >= 15 is 0 Å². The van der Waals surface area contributed by atoms with Crippen LogP contribution in [0.15, 0.2) is 11.4 Å². The number of thiazole rings is 1. The van der Waals surface area contributed by atoms with Crippen molar-refractivity contribution in [3.63, 3.8) is 0 Å². The topological polar surface area (TPSA) is 71.0 Å². The molecule has 6 nitrogen and oxygen atoms in total. The Hall–Kier alpha value is -2.46. The molecule has 0 aliphatic carbocycles. The second kappa shape index (κ2) is 7.62. The molecule has 25 heavy (non-hydrogen) atoms. The van der Waals surface area contributed by atoms with Gasteiger partial charge in [0.25, 0.3) is 5.91 Å². The van der Waals surface area contributed by atoms with Gasteiger partial charge >= 0.3 is 0 Å². The van der Waals surface area contributed by atoms with Crippen molar-refractivity contribution in [2.75, 3.05) is 11.9 Å². The average molecular weight is 355 g/mol. The van der Waals surface area contributed by atoms with Crippen LogP contribution in [-0.4, -0.2) is 32.3 Å². The van der Waals surface area contributed by atoms with E-state index in [4.69, 9.17) is 0 Å². The van der Waals surface area contributed by atoms with Crippen LogP contribution in [0.25, 0.3) is 0 Å². The zero-order valence-electron chi connectivity index (χ0n) is 14.7. The van der Waals surface area contributed by atoms with Crippen LogP contribution in [0.1, 0.15) is 49.4 Å². The summed E-state index contributed by atoms with van der Waals surface area (Å²) in [6.07, 6.45) is 2.97. The molecule has 3 rings (SSSR count). The van der Waals surface area contributed by atoms with Crippen molar-refractivity contribution in [1.29, 1.82) is 0 Å². The first-order valence-electron chi connectivity index (χ1n) is 8.35. The lowest BCUT2D eigenvalue weighted by Crippen LogP contribution is -2.38. The summed E-state index contributed by atoms with van der Waals surface area (Å²) >= 11 is 1.54. The highest BCUT2D eigenvalue weighted by molar-refractivity contribution is 7.13. The normalized spacial score (nSPS) is 16.9. The van der Waals surface area contributed by atoms with Gasteiger partial charge in [0, 0.05) is 18.0 Å². The molecule has 0 spiro atoms. The smallest absolute Gasteiger partial charge is 0.299 e. The Balaban J connectivity index is 1.89. The van der Waals surface area contributed by atoms with Gasteiger partial charge in [0.15, 0.2) is 5.13 Å². The number of hydrogen-bond donors (Lipinski definition) is 1. The lowest BCUT2D eigenvalue weighted by molar-refractivity contribution is -0.128. The van der Waals surface area contributed by atoms with E-state index < -0.39 is 0 Å². The van der Waals surface area contributed by atoms with Crippen molar-refractivity contribution in [3.05, 3.63) is 28.7 Å². The van der Waals surface area contributed by atoms with Gasteiger partial charge in [-0.2, -0.15) is 0 Å². The summed E-state index contributed by atoms with van der Waals surface area (Å²) in [6, 6.07) is 1.86. The van der Waals surface area contributed by atoms with Crippen molar-refractivity contribution >= 4 is 28.2 Å². The van der Waals surface area contributed by atoms with E-state index in [1.165, 1.54) is 11.3 Å². The standard InChI is InChI=1S/C18H21N5OS/c1-4-7-17(24)23-9-6-5-8-15(23)14-10-16(21-13(3)20-14)22-18-19-12(2)11-25-18/h10-11,15H,5-6,8-9H2,1-3H3,(H,19,20,21,22). The minimum atomic E-state index is -0.131. The molecule has 1 unspecified atom stereocenters. The van der Waals surface area contributed by atoms with Crippen LogP contribution in [0.2, 0.25) is 0 Å². The molecule has 0 radical (unpaired) electrons. The number of piperidine rings is 1. The molecule has 2 aromatic rings. The second-order valence-corrected chi connectivity index (χ2v) is 6.89. The zero-order valence-corrected chi connectivity index (χ0v) is 15.5. The molecule has 0 saturated carbocycles. The molecule has 1 atom stereocenters. The number of aryl methyl sites for hydroxylation is 2. The number of carbonyl (C=O) groups excluding carboxylic acids is 1. The summed E-state index contributed by atoms with van der Waals surface area (Å²) in [5.74, 6) is 6.61. The number of nitrogens with one attached hydrogen (secondary N) is 1. The Morgan fingerprint density at radius 1 is 1.32 bits per heavy atom. The Labute approximate surface area is 151 Å². The fraction of sp³-hybridized carbons (Fsp3) is 0.444. The molecule has 130 valence electrons. The molecule has 1 N–H and O–H groups in total. The molecule has 1 aliphatic rings. The fourth-order valence-corrected chi connectivity index (χ4v) is 3.70. The average Bonchev–Trinajstić information content (AvgIpc) is 2.99. The number of rotatable bonds is 3. The minimum Gasteiger partial charge on any atom is -0.323 e. The van der Waals surface area contributed by atoms with Crippen LogP contribution >= 0.6 is 11.3 Å². The summed E-state index contributed by atoms with van der Waals surface area (Å²) in [6.45, 7) is 6.22. The first-order chi connectivity index (χ1) is 12.1. The lowest BCUT2D eigenvalue weighted by Gasteiger charge is -2.34. The number of likely N-dealkylation sites (tertiary alicyclic amines) is 1. The highest BCUT2D eigenvalue weighted by Crippen LogP contribution is 2.31. The van der Waals surface area contributed by atoms with Gasteiger partial charge in [-0.05, 0) is 46.0 Å². The largest absolute Gasteiger partial charge is 0.323 e. The summed E-state index contributed by atoms with van der Waals surface area (Å²) < 4.78 is 0. The Kier molecular flexibility index (Phi) is 5.29. The van der Waals surface area contributed by atoms with E-state index in [1.807, 2.05) is 30.2 Å². The number of nitrogens with zero attached hydrogens (tertiary/aromatic N) is 4. The first-order valence-corrected chi connectivity index (χ1v) is 9.23. The van der Waals surface area contributed by atoms with Crippen LogP contribution in [0.5, 0.6) is 0 Å². The maximum atomic E-state index is 12.3. The maximum absolute atomic E-state index is 12.3. The van der Waals surface area contributed by atoms with Gasteiger partial charge in [-0.1, -0.05) is 5.92 Å². The third-order valence-corrected chi connectivity index (χ3v) is 4.92. The van der Waals surface area contributed by atoms with Crippen LogP contribution in [0.4, 0.5) is 10.9 Å². The lowest BCUT2D eigenvalue weighted by atomic mass is 9.98. The van der Waals surface area contributed by atoms with Crippen LogP contribution < -0.4 is 5.32 Å². The van der Waals surface area contributed by atoms with Crippen molar-refractivity contribution in [1.82, 2.24) is 19.9 Å². The van der Waals surface area contributed by atoms with Gasteiger partial charge in [-0.3, -0.25) is 4.79 Å². The Bertz CT molecular complexity index is 835. The molecule has 1 amide bonds. The minimum absolute atomic E-state index is 0.0534. The van der Waals surface area contributed by atoms with Crippen LogP contribution in [-0.2, 0) is 4.79 Å². The van der Waals surface area contributed by atoms with E-state index in [2.05, 4.69) is 32.1 Å². The molecule has 2 aromatic heterocycles. The van der Waals surface area contributed by atoms with E-state index in [0.717, 1.165) is 42.3 Å². The highest BCUT2D eigenvalue weighted by atomic mass is 32.1. The number of aromatic nitrogens is 3. The predicted octanol–water partition coefficient (Wildman–Crippen LogP) is 3.37. The van der Waals surface area contributed by atoms with Gasteiger partial charge in [-0.25, -0.2) is 15.0 Å². The predicted molar refractivity (Wildman–Crippen MR) is 98.7 cm³/mol. The highest BCUT2D eigenvalue weighted by Gasteiger charge is 2.28. The van der Waals surface area contributed by atoms with E-state index in [-0.39, 0.29) is 11.9 Å². The third-order valence-electron chi connectivity index (χ3n) is 4.05. The first kappa shape index (κ1) is 17.4. The number of hydrogen-bond acceptors (Lipinski definition) is 6. The van der Waals surface area contributed by atoms with Gasteiger partial charge in [0.1, 0.15) is 11.6 Å². The van der Waals surface area contributed by atoms with Gasteiger partial charge in [0.2, 0.25) is 0 Å². The van der Waals surface area contributed by atoms with Gasteiger partial charge < -0.3 is 10.2 Å². The summed E-state index contributed by atoms with van der Waals surface area (Å²) in [7, 11) is 0. The Morgan fingerprint density at radius 3 is 2.88 bits per heavy atom. The SMILES string of the molecule is CC#CC(=O)N1CCCCC1c1cc(Nc2nc(C)cs2)nc(C)n1. The fourth-order valence-electron chi connectivity index (χ4n) is 3.01. The third kappa shape index (κ3) is 4.15. The van der Waals surface area contributed by atoms with Crippen LogP contribution in [0.3, 0.4) is 0 Å². The molecule has 0 bridgehead atoms. The van der Waals surface area contributed by atoms with Crippen molar-refractivity contribution in [2.45, 2.75) is 46.1 Å². The number of amides is 1. The molecule has 3 heterocycles. The molecular weight excluding hydrogens is 334 g/mol. The van der Waals surface area contributed by atoms with Crippen molar-refractivity contribution in [2.24, 2.45) is 0 Å². The summed E-state index contributed by atoms with van der Waals surface area (Å²) in [5, 5.41) is 6.03. The molecule has 1 saturated heterocycles. The quantitative estimate of drug-likeness (QED) is 0.855. The summed E-state index contributed by atoms with van der Waals surface area (Å²) in [5.41, 5.74) is 1.83. The summed E-state index contributed by atoms with van der Waals surface area (Å²) in [4.78, 5) is 27.6. The van der Waals surface area contributed by atoms with E-state index in [1.54, 1.807) is 6.92 Å². The van der Waals surface area contributed by atoms with Gasteiger partial charge in [-0.15, -0.1) is 11.3 Å². The molecule has 7 heteroatoms. The number of anilines is 2. The zero-order chi connectivity index (χ0) is 17.8. The van der Waals surface area contributed by atoms with Crippen LogP contribution in [0, 0.1) is 25.7 Å². The van der Waals surface area contributed by atoms with E-state index in [9.17, 15) is 4.79 Å². The van der Waals surface area contributed by atoms with Crippen molar-refractivity contribution in [3.8, 4) is 11.8 Å². The monoisotopic (exact) mass is 355 g/mol. The molecule has 1 aliphatic heterocycles. The second-order valence-electron chi connectivity index (χ2n) is 6.03. The Morgan fingerprint density at radius 2 is 2.16 bits per heavy atom. The van der Waals surface area contributed by atoms with Crippen molar-refractivity contribution < 1.29 is 4.79 Å². The maximum Gasteiger partial charge on any atom is 0.299 e. The van der Waals surface area contributed by atoms with E-state index in [0.29, 0.717) is 11.6 Å². The molecular formula is C18H21N5OS.